The Hall–Kier alpha value is -3.02. The van der Waals surface area contributed by atoms with Gasteiger partial charge < -0.3 is 19.3 Å². The maximum Gasteiger partial charge on any atom is 0.253 e. The highest BCUT2D eigenvalue weighted by molar-refractivity contribution is 5.94. The molecule has 2 amide bonds. The highest BCUT2D eigenvalue weighted by atomic mass is 16.6. The first-order valence-corrected chi connectivity index (χ1v) is 10.2. The molecule has 1 fully saturated rings. The maximum absolute atomic E-state index is 12.7. The molecule has 0 atom stereocenters. The van der Waals surface area contributed by atoms with E-state index in [0.717, 1.165) is 17.7 Å². The predicted molar refractivity (Wildman–Crippen MR) is 109 cm³/mol. The molecule has 6 heteroatoms. The van der Waals surface area contributed by atoms with E-state index < -0.39 is 0 Å². The third kappa shape index (κ3) is 4.36. The zero-order chi connectivity index (χ0) is 20.2. The quantitative estimate of drug-likeness (QED) is 0.800. The summed E-state index contributed by atoms with van der Waals surface area (Å²) in [4.78, 5) is 29.1. The lowest BCUT2D eigenvalue weighted by Crippen LogP contribution is -2.51. The molecule has 2 heterocycles. The maximum atomic E-state index is 12.7. The lowest BCUT2D eigenvalue weighted by atomic mass is 10.1. The monoisotopic (exact) mass is 394 g/mol. The van der Waals surface area contributed by atoms with E-state index in [2.05, 4.69) is 6.92 Å². The SMILES string of the molecule is CCc1ccc(C(=O)N2CCN(C(=O)Cc3ccc4c(c3)OCCO4)CC2)cc1. The van der Waals surface area contributed by atoms with E-state index in [-0.39, 0.29) is 11.8 Å². The van der Waals surface area contributed by atoms with Crippen LogP contribution in [0.4, 0.5) is 0 Å². The second-order valence-electron chi connectivity index (χ2n) is 7.38. The van der Waals surface area contributed by atoms with Gasteiger partial charge in [-0.3, -0.25) is 9.59 Å². The molecule has 2 aromatic rings. The first kappa shape index (κ1) is 19.3. The summed E-state index contributed by atoms with van der Waals surface area (Å²) in [5, 5.41) is 0. The van der Waals surface area contributed by atoms with Gasteiger partial charge in [0.1, 0.15) is 13.2 Å². The van der Waals surface area contributed by atoms with Crippen molar-refractivity contribution >= 4 is 11.8 Å². The van der Waals surface area contributed by atoms with Crippen molar-refractivity contribution in [3.05, 3.63) is 59.2 Å². The molecule has 0 saturated carbocycles. The molecule has 0 bridgehead atoms. The number of carbonyl (C=O) groups is 2. The van der Waals surface area contributed by atoms with Gasteiger partial charge >= 0.3 is 0 Å². The molecule has 152 valence electrons. The van der Waals surface area contributed by atoms with Crippen LogP contribution >= 0.6 is 0 Å². The van der Waals surface area contributed by atoms with E-state index >= 15 is 0 Å². The molecule has 4 rings (SSSR count). The Morgan fingerprint density at radius 3 is 2.14 bits per heavy atom. The molecule has 0 radical (unpaired) electrons. The van der Waals surface area contributed by atoms with Gasteiger partial charge in [0.15, 0.2) is 11.5 Å². The minimum absolute atomic E-state index is 0.0339. The summed E-state index contributed by atoms with van der Waals surface area (Å²) < 4.78 is 11.1. The highest BCUT2D eigenvalue weighted by Gasteiger charge is 2.25. The van der Waals surface area contributed by atoms with Crippen LogP contribution < -0.4 is 9.47 Å². The predicted octanol–water partition coefficient (Wildman–Crippen LogP) is 2.55. The van der Waals surface area contributed by atoms with Crippen molar-refractivity contribution in [1.29, 1.82) is 0 Å². The Morgan fingerprint density at radius 2 is 1.45 bits per heavy atom. The van der Waals surface area contributed by atoms with Gasteiger partial charge in [-0.15, -0.1) is 0 Å². The molecule has 29 heavy (non-hydrogen) atoms. The summed E-state index contributed by atoms with van der Waals surface area (Å²) in [6, 6.07) is 13.4. The average molecular weight is 394 g/mol. The van der Waals surface area contributed by atoms with Crippen LogP contribution in [0, 0.1) is 0 Å². The third-order valence-electron chi connectivity index (χ3n) is 5.49. The van der Waals surface area contributed by atoms with Gasteiger partial charge in [0, 0.05) is 31.7 Å². The van der Waals surface area contributed by atoms with E-state index in [0.29, 0.717) is 57.1 Å². The number of aryl methyl sites for hydroxylation is 1. The van der Waals surface area contributed by atoms with Crippen molar-refractivity contribution < 1.29 is 19.1 Å². The van der Waals surface area contributed by atoms with Crippen LogP contribution in [-0.2, 0) is 17.6 Å². The number of piperazine rings is 1. The number of benzene rings is 2. The van der Waals surface area contributed by atoms with Gasteiger partial charge in [0.2, 0.25) is 5.91 Å². The second kappa shape index (κ2) is 8.55. The fourth-order valence-corrected chi connectivity index (χ4v) is 3.71. The average Bonchev–Trinajstić information content (AvgIpc) is 2.78. The molecule has 0 N–H and O–H groups in total. The molecular weight excluding hydrogens is 368 g/mol. The zero-order valence-electron chi connectivity index (χ0n) is 16.7. The Balaban J connectivity index is 1.31. The molecule has 0 unspecified atom stereocenters. The van der Waals surface area contributed by atoms with Crippen LogP contribution in [0.15, 0.2) is 42.5 Å². The molecule has 0 spiro atoms. The van der Waals surface area contributed by atoms with Crippen molar-refractivity contribution in [2.24, 2.45) is 0 Å². The van der Waals surface area contributed by atoms with Crippen molar-refractivity contribution in [3.8, 4) is 11.5 Å². The van der Waals surface area contributed by atoms with Crippen LogP contribution in [0.2, 0.25) is 0 Å². The second-order valence-corrected chi connectivity index (χ2v) is 7.38. The topological polar surface area (TPSA) is 59.1 Å². The van der Waals surface area contributed by atoms with Crippen LogP contribution in [0.5, 0.6) is 11.5 Å². The van der Waals surface area contributed by atoms with Gasteiger partial charge in [-0.2, -0.15) is 0 Å². The normalized spacial score (nSPS) is 15.9. The number of ether oxygens (including phenoxy) is 2. The van der Waals surface area contributed by atoms with Gasteiger partial charge in [0.05, 0.1) is 6.42 Å². The summed E-state index contributed by atoms with van der Waals surface area (Å²) >= 11 is 0. The van der Waals surface area contributed by atoms with Crippen molar-refractivity contribution in [2.75, 3.05) is 39.4 Å². The number of fused-ring (bicyclic) bond motifs is 1. The number of hydrogen-bond donors (Lipinski definition) is 0. The van der Waals surface area contributed by atoms with E-state index in [1.807, 2.05) is 52.3 Å². The highest BCUT2D eigenvalue weighted by Crippen LogP contribution is 2.31. The van der Waals surface area contributed by atoms with E-state index in [9.17, 15) is 9.59 Å². The van der Waals surface area contributed by atoms with Crippen LogP contribution in [0.25, 0.3) is 0 Å². The van der Waals surface area contributed by atoms with Gasteiger partial charge in [-0.25, -0.2) is 0 Å². The molecule has 0 aliphatic carbocycles. The lowest BCUT2D eigenvalue weighted by molar-refractivity contribution is -0.131. The zero-order valence-corrected chi connectivity index (χ0v) is 16.7. The number of nitrogens with zero attached hydrogens (tertiary/aromatic N) is 2. The minimum Gasteiger partial charge on any atom is -0.486 e. The number of hydrogen-bond acceptors (Lipinski definition) is 4. The van der Waals surface area contributed by atoms with Gasteiger partial charge in [-0.05, 0) is 41.8 Å². The van der Waals surface area contributed by atoms with E-state index in [1.165, 1.54) is 5.56 Å². The number of carbonyl (C=O) groups excluding carboxylic acids is 2. The third-order valence-corrected chi connectivity index (χ3v) is 5.49. The summed E-state index contributed by atoms with van der Waals surface area (Å²) in [5.41, 5.74) is 2.84. The largest absolute Gasteiger partial charge is 0.486 e. The van der Waals surface area contributed by atoms with E-state index in [1.54, 1.807) is 0 Å². The molecule has 2 aliphatic rings. The summed E-state index contributed by atoms with van der Waals surface area (Å²) in [7, 11) is 0. The fraction of sp³-hybridized carbons (Fsp3) is 0.391. The van der Waals surface area contributed by atoms with Crippen molar-refractivity contribution in [2.45, 2.75) is 19.8 Å². The van der Waals surface area contributed by atoms with Crippen LogP contribution in [0.3, 0.4) is 0 Å². The Kier molecular flexibility index (Phi) is 5.69. The van der Waals surface area contributed by atoms with E-state index in [4.69, 9.17) is 9.47 Å². The Morgan fingerprint density at radius 1 is 0.828 bits per heavy atom. The summed E-state index contributed by atoms with van der Waals surface area (Å²) in [5.74, 6) is 1.53. The molecular formula is C23H26N2O4. The number of rotatable bonds is 4. The smallest absolute Gasteiger partial charge is 0.253 e. The first-order chi connectivity index (χ1) is 14.1. The van der Waals surface area contributed by atoms with Crippen LogP contribution in [-0.4, -0.2) is 61.0 Å². The summed E-state index contributed by atoms with van der Waals surface area (Å²) in [6.07, 6.45) is 1.28. The molecule has 2 aromatic carbocycles. The standard InChI is InChI=1S/C23H26N2O4/c1-2-17-3-6-19(7-4-17)23(27)25-11-9-24(10-12-25)22(26)16-18-5-8-20-21(15-18)29-14-13-28-20/h3-8,15H,2,9-14,16H2,1H3. The molecule has 1 saturated heterocycles. The van der Waals surface area contributed by atoms with Crippen molar-refractivity contribution in [1.82, 2.24) is 9.80 Å². The Bertz CT molecular complexity index is 886. The minimum atomic E-state index is 0.0339. The Labute approximate surface area is 171 Å². The van der Waals surface area contributed by atoms with Gasteiger partial charge in [0.25, 0.3) is 5.91 Å². The fourth-order valence-electron chi connectivity index (χ4n) is 3.71. The molecule has 2 aliphatic heterocycles. The number of amides is 2. The van der Waals surface area contributed by atoms with Crippen molar-refractivity contribution in [3.63, 3.8) is 0 Å². The molecule has 0 aromatic heterocycles. The van der Waals surface area contributed by atoms with Gasteiger partial charge in [-0.1, -0.05) is 25.1 Å². The lowest BCUT2D eigenvalue weighted by Gasteiger charge is -2.35. The molecule has 6 nitrogen and oxygen atoms in total. The van der Waals surface area contributed by atoms with Crippen LogP contribution in [0.1, 0.15) is 28.4 Å². The first-order valence-electron chi connectivity index (χ1n) is 10.2. The summed E-state index contributed by atoms with van der Waals surface area (Å²) in [6.45, 7) is 5.41.